The Morgan fingerprint density at radius 3 is 2.32 bits per heavy atom. The molecule has 0 fully saturated rings. The van der Waals surface area contributed by atoms with Crippen molar-refractivity contribution in [3.05, 3.63) is 70.8 Å². The molecule has 4 rings (SSSR count). The van der Waals surface area contributed by atoms with E-state index >= 15 is 0 Å². The first-order valence-electron chi connectivity index (χ1n) is 8.71. The Labute approximate surface area is 174 Å². The van der Waals surface area contributed by atoms with Crippen molar-refractivity contribution in [1.82, 2.24) is 0 Å². The highest BCUT2D eigenvalue weighted by atomic mass is 32.2. The van der Waals surface area contributed by atoms with Crippen molar-refractivity contribution < 1.29 is 28.1 Å². The summed E-state index contributed by atoms with van der Waals surface area (Å²) in [4.78, 5) is 9.65. The summed E-state index contributed by atoms with van der Waals surface area (Å²) >= 11 is 0. The lowest BCUT2D eigenvalue weighted by atomic mass is 10.1. The van der Waals surface area contributed by atoms with E-state index in [0.717, 1.165) is 23.6 Å². The van der Waals surface area contributed by atoms with Gasteiger partial charge in [-0.25, -0.2) is 0 Å². The van der Waals surface area contributed by atoms with Crippen molar-refractivity contribution in [2.24, 2.45) is 10.2 Å². The average molecular weight is 439 g/mol. The number of nitro benzene ring substituents is 1. The van der Waals surface area contributed by atoms with Gasteiger partial charge in [0.2, 0.25) is 0 Å². The number of nitro groups is 1. The average Bonchev–Trinajstić information content (AvgIpc) is 2.73. The van der Waals surface area contributed by atoms with Crippen LogP contribution in [0.4, 0.5) is 17.1 Å². The zero-order valence-corrected chi connectivity index (χ0v) is 16.3. The molecule has 0 aliphatic heterocycles. The predicted molar refractivity (Wildman–Crippen MR) is 112 cm³/mol. The molecule has 0 aliphatic rings. The number of aromatic hydroxyl groups is 2. The number of fused-ring (bicyclic) bond motifs is 2. The molecular formula is C20H13N3O7S. The minimum absolute atomic E-state index is 0.00209. The number of benzene rings is 4. The molecule has 10 nitrogen and oxygen atoms in total. The van der Waals surface area contributed by atoms with Gasteiger partial charge >= 0.3 is 0 Å². The lowest BCUT2D eigenvalue weighted by Gasteiger charge is -2.09. The molecule has 3 N–H and O–H groups in total. The minimum Gasteiger partial charge on any atom is -0.506 e. The van der Waals surface area contributed by atoms with E-state index in [4.69, 9.17) is 0 Å². The molecule has 0 bridgehead atoms. The molecule has 4 aromatic carbocycles. The van der Waals surface area contributed by atoms with Gasteiger partial charge in [-0.15, -0.1) is 10.2 Å². The Morgan fingerprint density at radius 1 is 0.871 bits per heavy atom. The van der Waals surface area contributed by atoms with E-state index < -0.39 is 31.4 Å². The summed E-state index contributed by atoms with van der Waals surface area (Å²) in [5.74, 6) is -0.770. The first-order valence-corrected chi connectivity index (χ1v) is 10.1. The first-order chi connectivity index (χ1) is 14.7. The minimum atomic E-state index is -4.80. The highest BCUT2D eigenvalue weighted by molar-refractivity contribution is 7.86. The SMILES string of the molecule is O=[N+]([O-])c1ccc2c(/N=N/c3ccc4ccccc4c3O)c(O)cc(S(=O)(=O)O)c2c1. The number of hydrogen-bond acceptors (Lipinski definition) is 8. The summed E-state index contributed by atoms with van der Waals surface area (Å²) < 4.78 is 32.9. The van der Waals surface area contributed by atoms with Crippen LogP contribution in [0, 0.1) is 10.1 Å². The second-order valence-electron chi connectivity index (χ2n) is 6.56. The summed E-state index contributed by atoms with van der Waals surface area (Å²) in [6, 6.07) is 14.2. The molecule has 0 spiro atoms. The van der Waals surface area contributed by atoms with Crippen LogP contribution in [0.5, 0.6) is 11.5 Å². The van der Waals surface area contributed by atoms with Crippen LogP contribution in [-0.4, -0.2) is 28.1 Å². The van der Waals surface area contributed by atoms with E-state index in [1.165, 1.54) is 12.1 Å². The zero-order chi connectivity index (χ0) is 22.3. The van der Waals surface area contributed by atoms with Crippen LogP contribution in [0.1, 0.15) is 0 Å². The van der Waals surface area contributed by atoms with E-state index in [1.54, 1.807) is 24.3 Å². The predicted octanol–water partition coefficient (Wildman–Crippen LogP) is 4.97. The Bertz CT molecular complexity index is 1510. The van der Waals surface area contributed by atoms with Gasteiger partial charge < -0.3 is 10.2 Å². The Morgan fingerprint density at radius 2 is 1.61 bits per heavy atom. The quantitative estimate of drug-likeness (QED) is 0.175. The van der Waals surface area contributed by atoms with E-state index in [-0.39, 0.29) is 27.9 Å². The lowest BCUT2D eigenvalue weighted by molar-refractivity contribution is -0.384. The van der Waals surface area contributed by atoms with Gasteiger partial charge in [0.25, 0.3) is 15.8 Å². The molecule has 4 aromatic rings. The monoisotopic (exact) mass is 439 g/mol. The van der Waals surface area contributed by atoms with Gasteiger partial charge in [-0.3, -0.25) is 14.7 Å². The third-order valence-electron chi connectivity index (χ3n) is 4.66. The molecule has 0 aliphatic carbocycles. The van der Waals surface area contributed by atoms with Crippen LogP contribution >= 0.6 is 0 Å². The van der Waals surface area contributed by atoms with E-state index in [0.29, 0.717) is 5.39 Å². The second-order valence-corrected chi connectivity index (χ2v) is 7.95. The van der Waals surface area contributed by atoms with Gasteiger partial charge in [0.1, 0.15) is 22.0 Å². The van der Waals surface area contributed by atoms with Crippen molar-refractivity contribution in [2.45, 2.75) is 4.90 Å². The maximum absolute atomic E-state index is 11.7. The molecular weight excluding hydrogens is 426 g/mol. The van der Waals surface area contributed by atoms with Gasteiger partial charge in [-0.05, 0) is 17.5 Å². The third-order valence-corrected chi connectivity index (χ3v) is 5.55. The van der Waals surface area contributed by atoms with E-state index in [9.17, 15) is 33.3 Å². The lowest BCUT2D eigenvalue weighted by Crippen LogP contribution is -2.00. The largest absolute Gasteiger partial charge is 0.506 e. The van der Waals surface area contributed by atoms with Gasteiger partial charge in [0.05, 0.1) is 4.92 Å². The van der Waals surface area contributed by atoms with Gasteiger partial charge in [0, 0.05) is 34.4 Å². The summed E-state index contributed by atoms with van der Waals surface area (Å²) in [7, 11) is -4.80. The van der Waals surface area contributed by atoms with Crippen LogP contribution in [-0.2, 0) is 10.1 Å². The molecule has 0 amide bonds. The molecule has 0 radical (unpaired) electrons. The van der Waals surface area contributed by atoms with Gasteiger partial charge in [-0.2, -0.15) is 8.42 Å². The summed E-state index contributed by atoms with van der Waals surface area (Å²) in [6.45, 7) is 0. The van der Waals surface area contributed by atoms with Crippen LogP contribution in [0.3, 0.4) is 0 Å². The molecule has 31 heavy (non-hydrogen) atoms. The number of hydrogen-bond donors (Lipinski definition) is 3. The summed E-state index contributed by atoms with van der Waals surface area (Å²) in [6.07, 6.45) is 0. The Kier molecular flexibility index (Phi) is 4.76. The Hall–Kier alpha value is -4.09. The van der Waals surface area contributed by atoms with Crippen molar-refractivity contribution in [3.63, 3.8) is 0 Å². The van der Waals surface area contributed by atoms with Crippen molar-refractivity contribution >= 4 is 48.7 Å². The summed E-state index contributed by atoms with van der Waals surface area (Å²) in [5.41, 5.74) is -0.518. The standard InChI is InChI=1S/C20H13N3O7S/c24-17-10-18(31(28,29)30)15-9-12(23(26)27)6-7-14(15)19(17)22-21-16-8-5-11-3-1-2-4-13(11)20(16)25/h1-10,24-25H,(H,28,29,30)/b22-21+. The van der Waals surface area contributed by atoms with Crippen LogP contribution in [0.15, 0.2) is 75.8 Å². The zero-order valence-electron chi connectivity index (χ0n) is 15.5. The molecule has 0 unspecified atom stereocenters. The number of nitrogens with zero attached hydrogens (tertiary/aromatic N) is 3. The third kappa shape index (κ3) is 3.63. The fraction of sp³-hybridized carbons (Fsp3) is 0. The van der Waals surface area contributed by atoms with Crippen LogP contribution in [0.2, 0.25) is 0 Å². The number of phenols is 2. The fourth-order valence-corrected chi connectivity index (χ4v) is 3.92. The van der Waals surface area contributed by atoms with E-state index in [2.05, 4.69) is 10.2 Å². The highest BCUT2D eigenvalue weighted by Gasteiger charge is 2.22. The Balaban J connectivity index is 1.93. The number of phenolic OH excluding ortho intramolecular Hbond substituents is 2. The van der Waals surface area contributed by atoms with Crippen LogP contribution in [0.25, 0.3) is 21.5 Å². The topological polar surface area (TPSA) is 163 Å². The molecule has 0 heterocycles. The maximum Gasteiger partial charge on any atom is 0.295 e. The molecule has 0 saturated carbocycles. The number of non-ortho nitro benzene ring substituents is 1. The normalized spacial score (nSPS) is 12.0. The highest BCUT2D eigenvalue weighted by Crippen LogP contribution is 2.42. The van der Waals surface area contributed by atoms with Gasteiger partial charge in [0.15, 0.2) is 5.75 Å². The molecule has 0 aromatic heterocycles. The van der Waals surface area contributed by atoms with Crippen molar-refractivity contribution in [2.75, 3.05) is 0 Å². The first kappa shape index (κ1) is 20.2. The smallest absolute Gasteiger partial charge is 0.295 e. The molecule has 11 heteroatoms. The molecule has 156 valence electrons. The second kappa shape index (κ2) is 7.31. The number of azo groups is 1. The fourth-order valence-electron chi connectivity index (χ4n) is 3.21. The van der Waals surface area contributed by atoms with E-state index in [1.807, 2.05) is 6.07 Å². The van der Waals surface area contributed by atoms with Crippen molar-refractivity contribution in [3.8, 4) is 11.5 Å². The van der Waals surface area contributed by atoms with Crippen LogP contribution < -0.4 is 0 Å². The van der Waals surface area contributed by atoms with Crippen molar-refractivity contribution in [1.29, 1.82) is 0 Å². The molecule has 0 saturated heterocycles. The summed E-state index contributed by atoms with van der Waals surface area (Å²) in [5, 5.41) is 40.9. The number of rotatable bonds is 4. The van der Waals surface area contributed by atoms with Gasteiger partial charge in [-0.1, -0.05) is 30.3 Å². The maximum atomic E-state index is 11.7. The molecule has 0 atom stereocenters.